The normalized spacial score (nSPS) is 17.3. The Hall–Kier alpha value is -2.03. The van der Waals surface area contributed by atoms with Gasteiger partial charge in [0.2, 0.25) is 0 Å². The van der Waals surface area contributed by atoms with Gasteiger partial charge in [-0.05, 0) is 73.6 Å². The average Bonchev–Trinajstić information content (AvgIpc) is 3.45. The minimum Gasteiger partial charge on any atom is -0.390 e. The zero-order chi connectivity index (χ0) is 25.4. The average molecular weight is 527 g/mol. The van der Waals surface area contributed by atoms with E-state index in [1.54, 1.807) is 24.6 Å². The number of piperidine rings is 1. The van der Waals surface area contributed by atoms with Gasteiger partial charge in [0.25, 0.3) is 10.0 Å². The molecule has 0 radical (unpaired) electrons. The molecular weight excluding hydrogens is 488 g/mol. The van der Waals surface area contributed by atoms with Crippen LogP contribution in [0, 0.1) is 0 Å². The van der Waals surface area contributed by atoms with Crippen molar-refractivity contribution in [3.05, 3.63) is 89.3 Å². The highest BCUT2D eigenvalue weighted by Crippen LogP contribution is 2.30. The summed E-state index contributed by atoms with van der Waals surface area (Å²) in [4.78, 5) is 2.43. The summed E-state index contributed by atoms with van der Waals surface area (Å²) in [6, 6.07) is 24.2. The first kappa shape index (κ1) is 27.0. The molecule has 4 rings (SSSR count). The van der Waals surface area contributed by atoms with Crippen LogP contribution in [-0.4, -0.2) is 61.6 Å². The lowest BCUT2D eigenvalue weighted by molar-refractivity contribution is -0.0292. The number of nitrogens with zero attached hydrogens (tertiary/aromatic N) is 2. The van der Waals surface area contributed by atoms with E-state index in [1.165, 1.54) is 26.8 Å². The van der Waals surface area contributed by atoms with Crippen molar-refractivity contribution >= 4 is 21.4 Å². The number of thiophene rings is 1. The first-order valence-electron chi connectivity index (χ1n) is 12.9. The van der Waals surface area contributed by atoms with Gasteiger partial charge in [0.05, 0.1) is 5.60 Å². The Morgan fingerprint density at radius 2 is 1.67 bits per heavy atom. The van der Waals surface area contributed by atoms with E-state index >= 15 is 0 Å². The van der Waals surface area contributed by atoms with E-state index in [0.717, 1.165) is 58.2 Å². The first-order chi connectivity index (χ1) is 17.4. The second-order valence-electron chi connectivity index (χ2n) is 10.0. The molecule has 1 saturated heterocycles. The van der Waals surface area contributed by atoms with E-state index < -0.39 is 15.6 Å². The third-order valence-corrected chi connectivity index (χ3v) is 10.6. The third-order valence-electron chi connectivity index (χ3n) is 7.44. The van der Waals surface area contributed by atoms with Crippen molar-refractivity contribution in [2.45, 2.75) is 54.3 Å². The Kier molecular flexibility index (Phi) is 9.36. The molecule has 1 N–H and O–H groups in total. The summed E-state index contributed by atoms with van der Waals surface area (Å²) < 4.78 is 27.9. The minimum atomic E-state index is -3.48. The molecule has 1 fully saturated rings. The van der Waals surface area contributed by atoms with Gasteiger partial charge in [-0.1, -0.05) is 66.7 Å². The number of sulfonamides is 1. The molecule has 0 bridgehead atoms. The number of likely N-dealkylation sites (tertiary alicyclic amines) is 1. The Morgan fingerprint density at radius 1 is 1.00 bits per heavy atom. The van der Waals surface area contributed by atoms with E-state index in [2.05, 4.69) is 41.3 Å². The lowest BCUT2D eigenvalue weighted by Gasteiger charge is -2.39. The van der Waals surface area contributed by atoms with Crippen LogP contribution in [0.2, 0.25) is 0 Å². The summed E-state index contributed by atoms with van der Waals surface area (Å²) in [6.07, 6.45) is 5.32. The zero-order valence-corrected chi connectivity index (χ0v) is 22.8. The summed E-state index contributed by atoms with van der Waals surface area (Å²) in [5, 5.41) is 12.9. The fourth-order valence-corrected chi connectivity index (χ4v) is 7.53. The molecule has 0 unspecified atom stereocenters. The maximum atomic E-state index is 13.0. The molecule has 2 heterocycles. The van der Waals surface area contributed by atoms with Crippen LogP contribution >= 0.6 is 11.3 Å². The van der Waals surface area contributed by atoms with Gasteiger partial charge in [-0.3, -0.25) is 0 Å². The van der Waals surface area contributed by atoms with Gasteiger partial charge >= 0.3 is 0 Å². The molecule has 2 aromatic carbocycles. The van der Waals surface area contributed by atoms with E-state index in [1.807, 2.05) is 24.3 Å². The number of aryl methyl sites for hydroxylation is 1. The first-order valence-corrected chi connectivity index (χ1v) is 15.2. The molecule has 0 spiro atoms. The Morgan fingerprint density at radius 3 is 2.31 bits per heavy atom. The fourth-order valence-electron chi connectivity index (χ4n) is 5.11. The van der Waals surface area contributed by atoms with Crippen LogP contribution in [0.4, 0.5) is 0 Å². The lowest BCUT2D eigenvalue weighted by Crippen LogP contribution is -2.45. The van der Waals surface area contributed by atoms with Crippen molar-refractivity contribution in [2.24, 2.45) is 0 Å². The lowest BCUT2D eigenvalue weighted by atomic mass is 9.85. The standard InChI is InChI=1S/C29H38N2O3S2/c1-30(36(33,34)28-15-9-23-35-28)24-27(26-13-6-3-7-14-26)16-20-31-21-18-29(32,19-22-31)17-8-12-25-10-4-2-5-11-25/h2-7,9-11,13-15,23,27,32H,8,12,16-22,24H2,1H3/t27-/m0/s1. The predicted molar refractivity (Wildman–Crippen MR) is 148 cm³/mol. The largest absolute Gasteiger partial charge is 0.390 e. The highest BCUT2D eigenvalue weighted by molar-refractivity contribution is 7.91. The van der Waals surface area contributed by atoms with Crippen LogP contribution in [0.1, 0.15) is 49.1 Å². The molecule has 1 aliphatic rings. The SMILES string of the molecule is CN(C[C@H](CCN1CCC(O)(CCCc2ccccc2)CC1)c1ccccc1)S(=O)(=O)c1cccs1. The van der Waals surface area contributed by atoms with Gasteiger partial charge < -0.3 is 10.0 Å². The number of aliphatic hydroxyl groups is 1. The molecule has 3 aromatic rings. The van der Waals surface area contributed by atoms with Crippen LogP contribution in [0.3, 0.4) is 0 Å². The molecule has 1 aliphatic heterocycles. The molecule has 0 aliphatic carbocycles. The molecule has 1 atom stereocenters. The summed E-state index contributed by atoms with van der Waals surface area (Å²) in [5.41, 5.74) is 1.93. The number of benzene rings is 2. The van der Waals surface area contributed by atoms with Gasteiger partial charge in [-0.2, -0.15) is 4.31 Å². The third kappa shape index (κ3) is 7.26. The highest BCUT2D eigenvalue weighted by Gasteiger charge is 2.32. The van der Waals surface area contributed by atoms with Crippen LogP contribution in [-0.2, 0) is 16.4 Å². The quantitative estimate of drug-likeness (QED) is 0.344. The van der Waals surface area contributed by atoms with Crippen molar-refractivity contribution in [1.82, 2.24) is 9.21 Å². The van der Waals surface area contributed by atoms with E-state index in [-0.39, 0.29) is 5.92 Å². The maximum Gasteiger partial charge on any atom is 0.252 e. The van der Waals surface area contributed by atoms with E-state index in [0.29, 0.717) is 10.8 Å². The molecule has 5 nitrogen and oxygen atoms in total. The van der Waals surface area contributed by atoms with Gasteiger partial charge in [0, 0.05) is 26.7 Å². The Balaban J connectivity index is 1.30. The molecule has 0 saturated carbocycles. The van der Waals surface area contributed by atoms with Crippen molar-refractivity contribution in [2.75, 3.05) is 33.2 Å². The van der Waals surface area contributed by atoms with E-state index in [9.17, 15) is 13.5 Å². The van der Waals surface area contributed by atoms with Crippen molar-refractivity contribution in [1.29, 1.82) is 0 Å². The van der Waals surface area contributed by atoms with Crippen molar-refractivity contribution in [3.63, 3.8) is 0 Å². The number of likely N-dealkylation sites (N-methyl/N-ethyl adjacent to an activating group) is 1. The van der Waals surface area contributed by atoms with Gasteiger partial charge in [-0.15, -0.1) is 11.3 Å². The van der Waals surface area contributed by atoms with Crippen LogP contribution in [0.5, 0.6) is 0 Å². The molecule has 1 aromatic heterocycles. The maximum absolute atomic E-state index is 13.0. The Labute approximate surface area is 220 Å². The van der Waals surface area contributed by atoms with Crippen molar-refractivity contribution < 1.29 is 13.5 Å². The summed E-state index contributed by atoms with van der Waals surface area (Å²) in [6.45, 7) is 3.10. The van der Waals surface area contributed by atoms with Crippen LogP contribution < -0.4 is 0 Å². The van der Waals surface area contributed by atoms with E-state index in [4.69, 9.17) is 0 Å². The van der Waals surface area contributed by atoms with Gasteiger partial charge in [-0.25, -0.2) is 8.42 Å². The topological polar surface area (TPSA) is 60.9 Å². The monoisotopic (exact) mass is 526 g/mol. The molecule has 7 heteroatoms. The number of rotatable bonds is 12. The second kappa shape index (κ2) is 12.5. The molecule has 0 amide bonds. The van der Waals surface area contributed by atoms with Crippen LogP contribution in [0.25, 0.3) is 0 Å². The Bertz CT molecular complexity index is 1140. The second-order valence-corrected chi connectivity index (χ2v) is 13.2. The summed E-state index contributed by atoms with van der Waals surface area (Å²) >= 11 is 1.26. The summed E-state index contributed by atoms with van der Waals surface area (Å²) in [5.74, 6) is 0.109. The predicted octanol–water partition coefficient (Wildman–Crippen LogP) is 5.39. The smallest absolute Gasteiger partial charge is 0.252 e. The van der Waals surface area contributed by atoms with Gasteiger partial charge in [0.1, 0.15) is 4.21 Å². The fraction of sp³-hybridized carbons (Fsp3) is 0.448. The van der Waals surface area contributed by atoms with Crippen molar-refractivity contribution in [3.8, 4) is 0 Å². The zero-order valence-electron chi connectivity index (χ0n) is 21.1. The summed E-state index contributed by atoms with van der Waals surface area (Å²) in [7, 11) is -1.80. The number of hydrogen-bond donors (Lipinski definition) is 1. The van der Waals surface area contributed by atoms with Gasteiger partial charge in [0.15, 0.2) is 0 Å². The highest BCUT2D eigenvalue weighted by atomic mass is 32.2. The molecule has 194 valence electrons. The number of hydrogen-bond acceptors (Lipinski definition) is 5. The minimum absolute atomic E-state index is 0.109. The molecule has 36 heavy (non-hydrogen) atoms. The molecular formula is C29H38N2O3S2. The van der Waals surface area contributed by atoms with Crippen LogP contribution in [0.15, 0.2) is 82.4 Å².